The maximum atomic E-state index is 8.82. The predicted octanol–water partition coefficient (Wildman–Crippen LogP) is -1.73. The van der Waals surface area contributed by atoms with Crippen LogP contribution in [0.25, 0.3) is 0 Å². The third-order valence-corrected chi connectivity index (χ3v) is 0. The Morgan fingerprint density at radius 2 is 1.17 bits per heavy atom. The molecule has 0 amide bonds. The van der Waals surface area contributed by atoms with E-state index in [0.29, 0.717) is 0 Å². The van der Waals surface area contributed by atoms with E-state index >= 15 is 0 Å². The molecule has 0 aromatic carbocycles. The molecule has 0 aliphatic heterocycles. The zero-order valence-corrected chi connectivity index (χ0v) is 5.08. The molecule has 0 aliphatic carbocycles. The third kappa shape index (κ3) is 185. The third-order valence-electron chi connectivity index (χ3n) is 0. The molecule has 1 radical (unpaired) electrons. The van der Waals surface area contributed by atoms with Crippen LogP contribution >= 0.6 is 0 Å². The molecule has 6 heteroatoms. The normalized spacial score (nSPS) is 9.67. The molecule has 0 saturated carbocycles. The van der Waals surface area contributed by atoms with Crippen molar-refractivity contribution in [2.24, 2.45) is 0 Å². The molecule has 0 aromatic heterocycles. The van der Waals surface area contributed by atoms with Crippen LogP contribution in [0.5, 0.6) is 0 Å². The largest absolute Gasteiger partial charge is 0 e. The van der Waals surface area contributed by atoms with Crippen LogP contribution in [-0.4, -0.2) is 21.7 Å². The Morgan fingerprint density at radius 3 is 1.17 bits per heavy atom. The first-order valence-electron chi connectivity index (χ1n) is 0.698. The molecule has 0 atom stereocenters. The molecule has 0 bridgehead atoms. The van der Waals surface area contributed by atoms with Crippen molar-refractivity contribution in [1.29, 1.82) is 0 Å². The Hall–Kier alpha value is 0.559. The molecule has 0 aromatic rings. The van der Waals surface area contributed by atoms with Crippen molar-refractivity contribution in [1.82, 2.24) is 0 Å². The molecule has 6 heavy (non-hydrogen) atoms. The molecule has 0 spiro atoms. The summed E-state index contributed by atoms with van der Waals surface area (Å²) in [4.78, 5) is 0. The first kappa shape index (κ1) is 9.75. The van der Waals surface area contributed by atoms with Crippen molar-refractivity contribution in [3.05, 3.63) is 0 Å². The monoisotopic (exact) mass is 209 g/mol. The predicted molar refractivity (Wildman–Crippen MR) is 11.6 cm³/mol. The van der Waals surface area contributed by atoms with Crippen molar-refractivity contribution < 1.29 is 33.1 Å². The van der Waals surface area contributed by atoms with Gasteiger partial charge in [-0.1, -0.05) is 0 Å². The van der Waals surface area contributed by atoms with Gasteiger partial charge in [-0.15, -0.1) is 0 Å². The zero-order valence-electron chi connectivity index (χ0n) is 2.42. The van der Waals surface area contributed by atoms with Crippen molar-refractivity contribution in [2.45, 2.75) is 0 Å². The molecule has 0 heterocycles. The van der Waals surface area contributed by atoms with Gasteiger partial charge in [-0.05, 0) is 0 Å². The van der Waals surface area contributed by atoms with Crippen molar-refractivity contribution in [3.8, 4) is 0 Å². The average molecular weight is 209 g/mol. The van der Waals surface area contributed by atoms with Gasteiger partial charge in [0.05, 0.1) is 0 Å². The molecule has 43 valence electrons. The summed E-state index contributed by atoms with van der Waals surface area (Å²) in [6, 6.07) is 0. The van der Waals surface area contributed by atoms with Gasteiger partial charge in [0.15, 0.2) is 0 Å². The van der Waals surface area contributed by atoms with Gasteiger partial charge in [-0.25, -0.2) is 0 Å². The quantitative estimate of drug-likeness (QED) is 0.464. The molecular weight excluding hydrogens is 207 g/mol. The molecule has 0 aliphatic rings. The molecule has 4 nitrogen and oxygen atoms in total. The standard InChI is InChI=1S/Cu.H2O4Se/c;1-5(2,3)4/h;(H2,1,2,3,4). The molecule has 2 N–H and O–H groups in total. The summed E-state index contributed by atoms with van der Waals surface area (Å²) in [6.07, 6.45) is 0. The topological polar surface area (TPSA) is 74.6 Å². The summed E-state index contributed by atoms with van der Waals surface area (Å²) in [5, 5.41) is 0. The van der Waals surface area contributed by atoms with Crippen LogP contribution in [0.1, 0.15) is 0 Å². The van der Waals surface area contributed by atoms with Crippen LogP contribution in [-0.2, 0) is 24.7 Å². The fraction of sp³-hybridized carbons (Fsp3) is 0. The number of rotatable bonds is 0. The van der Waals surface area contributed by atoms with E-state index in [1.165, 1.54) is 0 Å². The molecule has 0 fully saturated rings. The summed E-state index contributed by atoms with van der Waals surface area (Å²) >= 11 is -5.25. The molecular formula is H2CuO4Se. The fourth-order valence-corrected chi connectivity index (χ4v) is 0. The summed E-state index contributed by atoms with van der Waals surface area (Å²) in [7, 11) is 0. The van der Waals surface area contributed by atoms with E-state index in [1.807, 2.05) is 0 Å². The molecule has 0 rings (SSSR count). The molecule has 0 saturated heterocycles. The van der Waals surface area contributed by atoms with Crippen LogP contribution in [0.15, 0.2) is 0 Å². The minimum absolute atomic E-state index is 0. The summed E-state index contributed by atoms with van der Waals surface area (Å²) in [6.45, 7) is 0. The van der Waals surface area contributed by atoms with Gasteiger partial charge in [-0.2, -0.15) is 0 Å². The Kier molecular flexibility index (Phi) is 4.37. The van der Waals surface area contributed by atoms with Gasteiger partial charge in [0.1, 0.15) is 0 Å². The maximum absolute atomic E-state index is 8.82. The van der Waals surface area contributed by atoms with E-state index in [4.69, 9.17) is 16.0 Å². The van der Waals surface area contributed by atoms with Crippen LogP contribution in [0.3, 0.4) is 0 Å². The average Bonchev–Trinajstić information content (AvgIpc) is 0.722. The van der Waals surface area contributed by atoms with E-state index in [1.54, 1.807) is 0 Å². The Morgan fingerprint density at radius 1 is 1.17 bits per heavy atom. The van der Waals surface area contributed by atoms with E-state index in [9.17, 15) is 0 Å². The summed E-state index contributed by atoms with van der Waals surface area (Å²) < 4.78 is 31.9. The Balaban J connectivity index is 0. The van der Waals surface area contributed by atoms with Gasteiger partial charge in [0.25, 0.3) is 0 Å². The SMILES string of the molecule is O=[Se](=O)(O)O.[Cu]. The van der Waals surface area contributed by atoms with Gasteiger partial charge in [0.2, 0.25) is 0 Å². The smallest absolute Gasteiger partial charge is 0 e. The van der Waals surface area contributed by atoms with Gasteiger partial charge in [0, 0.05) is 17.1 Å². The number of hydrogen-bond acceptors (Lipinski definition) is 2. The Labute approximate surface area is 46.9 Å². The van der Waals surface area contributed by atoms with Gasteiger partial charge < -0.3 is 0 Å². The van der Waals surface area contributed by atoms with Crippen molar-refractivity contribution >= 4 is 13.4 Å². The van der Waals surface area contributed by atoms with E-state index in [0.717, 1.165) is 0 Å². The second-order valence-corrected chi connectivity index (χ2v) is 2.33. The summed E-state index contributed by atoms with van der Waals surface area (Å²) in [5.74, 6) is 0. The van der Waals surface area contributed by atoms with E-state index in [2.05, 4.69) is 0 Å². The minimum Gasteiger partial charge on any atom is 0 e. The van der Waals surface area contributed by atoms with Crippen molar-refractivity contribution in [2.75, 3.05) is 0 Å². The first-order valence-corrected chi connectivity index (χ1v) is 3.63. The number of hydrogen-bond donors (Lipinski definition) is 2. The van der Waals surface area contributed by atoms with Crippen LogP contribution in [0.2, 0.25) is 0 Å². The van der Waals surface area contributed by atoms with Crippen LogP contribution in [0, 0.1) is 0 Å². The zero-order chi connectivity index (χ0) is 4.50. The van der Waals surface area contributed by atoms with Crippen LogP contribution in [0.4, 0.5) is 0 Å². The Bertz CT molecular complexity index is 90.7. The van der Waals surface area contributed by atoms with Gasteiger partial charge in [-0.3, -0.25) is 0 Å². The maximum Gasteiger partial charge on any atom is 0 e. The minimum atomic E-state index is -5.25. The van der Waals surface area contributed by atoms with Gasteiger partial charge >= 0.3 is 29.4 Å². The first-order chi connectivity index (χ1) is 2.00. The fourth-order valence-electron chi connectivity index (χ4n) is 0. The summed E-state index contributed by atoms with van der Waals surface area (Å²) in [5.41, 5.74) is 0. The molecule has 0 unspecified atom stereocenters. The van der Waals surface area contributed by atoms with E-state index < -0.39 is 13.4 Å². The second kappa shape index (κ2) is 2.69. The van der Waals surface area contributed by atoms with Crippen molar-refractivity contribution in [3.63, 3.8) is 0 Å². The second-order valence-electron chi connectivity index (χ2n) is 0.448. The van der Waals surface area contributed by atoms with Crippen LogP contribution < -0.4 is 0 Å². The van der Waals surface area contributed by atoms with E-state index in [-0.39, 0.29) is 17.1 Å².